The molecular weight excluding hydrogens is 174 g/mol. The highest BCUT2D eigenvalue weighted by molar-refractivity contribution is 5.99. The summed E-state index contributed by atoms with van der Waals surface area (Å²) in [7, 11) is 0. The zero-order valence-electron chi connectivity index (χ0n) is 6.93. The number of carbonyl (C=O) groups excluding carboxylic acids is 1. The Bertz CT molecular complexity index is 249. The molecule has 0 amide bonds. The summed E-state index contributed by atoms with van der Waals surface area (Å²) < 4.78 is 0. The van der Waals surface area contributed by atoms with Crippen molar-refractivity contribution < 1.29 is 19.8 Å². The third kappa shape index (κ3) is 2.64. The number of carbonyl (C=O) groups is 2. The summed E-state index contributed by atoms with van der Waals surface area (Å²) in [6, 6.07) is -0.643. The van der Waals surface area contributed by atoms with Crippen LogP contribution < -0.4 is 5.32 Å². The van der Waals surface area contributed by atoms with E-state index in [2.05, 4.69) is 5.32 Å². The number of hydrogen-bond donors (Lipinski definition) is 3. The fraction of sp³-hybridized carbons (Fsp3) is 0.500. The van der Waals surface area contributed by atoms with Crippen LogP contribution in [0.3, 0.4) is 0 Å². The summed E-state index contributed by atoms with van der Waals surface area (Å²) in [5.74, 6) is -1.56. The van der Waals surface area contributed by atoms with E-state index in [4.69, 9.17) is 5.11 Å². The summed E-state index contributed by atoms with van der Waals surface area (Å²) in [5.41, 5.74) is 0. The molecule has 0 aliphatic carbocycles. The van der Waals surface area contributed by atoms with Crippen molar-refractivity contribution in [3.63, 3.8) is 0 Å². The number of ketones is 1. The van der Waals surface area contributed by atoms with Gasteiger partial charge in [0.15, 0.2) is 5.78 Å². The molecule has 0 aromatic carbocycles. The van der Waals surface area contributed by atoms with Gasteiger partial charge in [0.1, 0.15) is 0 Å². The van der Waals surface area contributed by atoms with Gasteiger partial charge in [-0.2, -0.15) is 0 Å². The Morgan fingerprint density at radius 2 is 2.08 bits per heavy atom. The van der Waals surface area contributed by atoms with Gasteiger partial charge in [0.2, 0.25) is 0 Å². The maximum atomic E-state index is 11.2. The first-order valence-corrected chi connectivity index (χ1v) is 3.97. The second kappa shape index (κ2) is 4.15. The normalized spacial score (nSPS) is 28.1. The molecule has 0 aromatic rings. The summed E-state index contributed by atoms with van der Waals surface area (Å²) >= 11 is 0. The molecule has 0 aromatic heterocycles. The predicted octanol–water partition coefficient (Wildman–Crippen LogP) is -1.08. The zero-order chi connectivity index (χ0) is 9.84. The lowest BCUT2D eigenvalue weighted by molar-refractivity contribution is -0.131. The highest BCUT2D eigenvalue weighted by Gasteiger charge is 2.29. The first-order valence-electron chi connectivity index (χ1n) is 3.97. The summed E-state index contributed by atoms with van der Waals surface area (Å²) in [6.45, 7) is 0.582. The van der Waals surface area contributed by atoms with E-state index in [1.165, 1.54) is 0 Å². The monoisotopic (exact) mass is 185 g/mol. The van der Waals surface area contributed by atoms with Crippen LogP contribution in [-0.4, -0.2) is 40.7 Å². The molecule has 0 bridgehead atoms. The van der Waals surface area contributed by atoms with Crippen molar-refractivity contribution in [3.05, 3.63) is 12.2 Å². The molecule has 1 fully saturated rings. The minimum absolute atomic E-state index is 0.396. The molecule has 1 unspecified atom stereocenters. The molecule has 1 heterocycles. The molecule has 3 N–H and O–H groups in total. The quantitative estimate of drug-likeness (QED) is 0.487. The van der Waals surface area contributed by atoms with Gasteiger partial charge in [-0.1, -0.05) is 0 Å². The minimum atomic E-state index is -1.17. The zero-order valence-corrected chi connectivity index (χ0v) is 6.93. The summed E-state index contributed by atoms with van der Waals surface area (Å²) in [5, 5.41) is 20.3. The Kier molecular flexibility index (Phi) is 3.16. The molecule has 5 nitrogen and oxygen atoms in total. The molecule has 0 spiro atoms. The van der Waals surface area contributed by atoms with E-state index in [1.54, 1.807) is 0 Å². The Hall–Kier alpha value is -1.20. The SMILES string of the molecule is O=C(O)C=CC(=O)[C@H]1NCCC1O. The molecule has 1 aliphatic heterocycles. The van der Waals surface area contributed by atoms with Crippen LogP contribution in [0, 0.1) is 0 Å². The van der Waals surface area contributed by atoms with Gasteiger partial charge in [-0.3, -0.25) is 4.79 Å². The van der Waals surface area contributed by atoms with Gasteiger partial charge in [0.25, 0.3) is 0 Å². The molecule has 5 heteroatoms. The lowest BCUT2D eigenvalue weighted by Crippen LogP contribution is -2.37. The lowest BCUT2D eigenvalue weighted by Gasteiger charge is -2.09. The lowest BCUT2D eigenvalue weighted by atomic mass is 10.1. The predicted molar refractivity (Wildman–Crippen MR) is 44.2 cm³/mol. The van der Waals surface area contributed by atoms with Gasteiger partial charge in [-0.25, -0.2) is 4.79 Å². The highest BCUT2D eigenvalue weighted by Crippen LogP contribution is 2.07. The first kappa shape index (κ1) is 9.88. The van der Waals surface area contributed by atoms with E-state index in [0.29, 0.717) is 13.0 Å². The number of hydrogen-bond acceptors (Lipinski definition) is 4. The van der Waals surface area contributed by atoms with Crippen LogP contribution in [0.4, 0.5) is 0 Å². The Morgan fingerprint density at radius 3 is 2.54 bits per heavy atom. The van der Waals surface area contributed by atoms with E-state index in [9.17, 15) is 14.7 Å². The summed E-state index contributed by atoms with van der Waals surface area (Å²) in [6.07, 6.45) is 1.56. The fourth-order valence-electron chi connectivity index (χ4n) is 1.24. The number of aliphatic carboxylic acids is 1. The molecule has 0 radical (unpaired) electrons. The third-order valence-corrected chi connectivity index (χ3v) is 1.89. The number of aliphatic hydroxyl groups is 1. The maximum Gasteiger partial charge on any atom is 0.328 e. The summed E-state index contributed by atoms with van der Waals surface area (Å²) in [4.78, 5) is 21.3. The van der Waals surface area contributed by atoms with Crippen LogP contribution >= 0.6 is 0 Å². The largest absolute Gasteiger partial charge is 0.478 e. The number of rotatable bonds is 3. The number of aliphatic hydroxyl groups excluding tert-OH is 1. The van der Waals surface area contributed by atoms with Crippen LogP contribution in [0.1, 0.15) is 6.42 Å². The van der Waals surface area contributed by atoms with Crippen LogP contribution in [0.15, 0.2) is 12.2 Å². The second-order valence-corrected chi connectivity index (χ2v) is 2.86. The van der Waals surface area contributed by atoms with Gasteiger partial charge in [0.05, 0.1) is 12.1 Å². The van der Waals surface area contributed by atoms with Crippen molar-refractivity contribution in [2.45, 2.75) is 18.6 Å². The van der Waals surface area contributed by atoms with Gasteiger partial charge >= 0.3 is 5.97 Å². The highest BCUT2D eigenvalue weighted by atomic mass is 16.4. The van der Waals surface area contributed by atoms with Crippen molar-refractivity contribution in [1.29, 1.82) is 0 Å². The average molecular weight is 185 g/mol. The van der Waals surface area contributed by atoms with Crippen molar-refractivity contribution in [2.75, 3.05) is 6.54 Å². The molecule has 72 valence electrons. The van der Waals surface area contributed by atoms with E-state index in [0.717, 1.165) is 12.2 Å². The Balaban J connectivity index is 2.52. The molecule has 1 rings (SSSR count). The Morgan fingerprint density at radius 1 is 1.38 bits per heavy atom. The minimum Gasteiger partial charge on any atom is -0.478 e. The number of nitrogens with one attached hydrogen (secondary N) is 1. The van der Waals surface area contributed by atoms with E-state index >= 15 is 0 Å². The maximum absolute atomic E-state index is 11.2. The Labute approximate surface area is 75.1 Å². The van der Waals surface area contributed by atoms with Crippen LogP contribution in [-0.2, 0) is 9.59 Å². The van der Waals surface area contributed by atoms with Crippen LogP contribution in [0.25, 0.3) is 0 Å². The standard InChI is InChI=1S/C8H11NO4/c10-5(1-2-7(12)13)8-6(11)3-4-9-8/h1-2,6,8-9,11H,3-4H2,(H,12,13)/t6?,8-/m1/s1. The average Bonchev–Trinajstić information content (AvgIpc) is 2.47. The van der Waals surface area contributed by atoms with Crippen LogP contribution in [0.2, 0.25) is 0 Å². The van der Waals surface area contributed by atoms with Gasteiger partial charge in [-0.05, 0) is 19.0 Å². The molecule has 2 atom stereocenters. The molecular formula is C8H11NO4. The van der Waals surface area contributed by atoms with Gasteiger partial charge < -0.3 is 15.5 Å². The second-order valence-electron chi connectivity index (χ2n) is 2.86. The van der Waals surface area contributed by atoms with E-state index in [1.807, 2.05) is 0 Å². The molecule has 13 heavy (non-hydrogen) atoms. The van der Waals surface area contributed by atoms with Gasteiger partial charge in [-0.15, -0.1) is 0 Å². The molecule has 0 saturated carbocycles. The van der Waals surface area contributed by atoms with Crippen LogP contribution in [0.5, 0.6) is 0 Å². The van der Waals surface area contributed by atoms with E-state index in [-0.39, 0.29) is 0 Å². The molecule has 1 aliphatic rings. The first-order chi connectivity index (χ1) is 6.11. The molecule has 1 saturated heterocycles. The van der Waals surface area contributed by atoms with E-state index < -0.39 is 23.9 Å². The fourth-order valence-corrected chi connectivity index (χ4v) is 1.24. The third-order valence-electron chi connectivity index (χ3n) is 1.89. The number of carboxylic acid groups (broad SMARTS) is 1. The van der Waals surface area contributed by atoms with Crippen molar-refractivity contribution in [2.24, 2.45) is 0 Å². The number of carboxylic acids is 1. The van der Waals surface area contributed by atoms with Crippen molar-refractivity contribution in [3.8, 4) is 0 Å². The van der Waals surface area contributed by atoms with Crippen molar-refractivity contribution in [1.82, 2.24) is 5.32 Å². The van der Waals surface area contributed by atoms with Gasteiger partial charge in [0, 0.05) is 6.08 Å². The smallest absolute Gasteiger partial charge is 0.328 e. The topological polar surface area (TPSA) is 86.6 Å². The van der Waals surface area contributed by atoms with Crippen molar-refractivity contribution >= 4 is 11.8 Å².